The van der Waals surface area contributed by atoms with Crippen molar-refractivity contribution in [1.29, 1.82) is 0 Å². The number of aliphatic hydroxyl groups excluding tert-OH is 4. The topological polar surface area (TPSA) is 99.4 Å². The Kier molecular flexibility index (Phi) is 6.14. The van der Waals surface area contributed by atoms with Gasteiger partial charge in [0.05, 0.1) is 13.2 Å². The first-order valence-electron chi connectivity index (χ1n) is 9.04. The van der Waals surface area contributed by atoms with E-state index in [9.17, 15) is 15.3 Å². The van der Waals surface area contributed by atoms with Crippen molar-refractivity contribution in [3.63, 3.8) is 0 Å². The van der Waals surface area contributed by atoms with Crippen molar-refractivity contribution in [3.8, 4) is 16.9 Å². The molecular weight excluding hydrogens is 348 g/mol. The minimum absolute atomic E-state index is 0.0986. The normalized spacial score (nSPS) is 28.1. The van der Waals surface area contributed by atoms with E-state index in [0.717, 1.165) is 16.7 Å². The van der Waals surface area contributed by atoms with Crippen molar-refractivity contribution in [1.82, 2.24) is 0 Å². The van der Waals surface area contributed by atoms with Crippen LogP contribution in [0.1, 0.15) is 24.2 Å². The van der Waals surface area contributed by atoms with Crippen LogP contribution in [0, 0.1) is 0 Å². The SMILES string of the molecule is COc1c(-c2ccc(CCO)cc2)cccc1[C@H]1O[C@@H](C)[C@@H](O)[C@@H](O)[C@@H]1O. The van der Waals surface area contributed by atoms with Gasteiger partial charge in [0.2, 0.25) is 0 Å². The van der Waals surface area contributed by atoms with E-state index in [1.165, 1.54) is 0 Å². The van der Waals surface area contributed by atoms with E-state index in [2.05, 4.69) is 0 Å². The Balaban J connectivity index is 1.99. The van der Waals surface area contributed by atoms with Gasteiger partial charge in [-0.25, -0.2) is 0 Å². The van der Waals surface area contributed by atoms with Crippen LogP contribution >= 0.6 is 0 Å². The summed E-state index contributed by atoms with van der Waals surface area (Å²) in [6.45, 7) is 1.75. The van der Waals surface area contributed by atoms with Gasteiger partial charge in [0.15, 0.2) is 0 Å². The van der Waals surface area contributed by atoms with Gasteiger partial charge in [-0.3, -0.25) is 0 Å². The highest BCUT2D eigenvalue weighted by Crippen LogP contribution is 2.41. The largest absolute Gasteiger partial charge is 0.496 e. The number of hydrogen-bond acceptors (Lipinski definition) is 6. The Bertz CT molecular complexity index is 760. The van der Waals surface area contributed by atoms with Crippen LogP contribution in [-0.4, -0.2) is 58.6 Å². The Morgan fingerprint density at radius 3 is 2.30 bits per heavy atom. The quantitative estimate of drug-likeness (QED) is 0.632. The third-order valence-electron chi connectivity index (χ3n) is 5.07. The Labute approximate surface area is 158 Å². The molecule has 0 bridgehead atoms. The lowest BCUT2D eigenvalue weighted by Gasteiger charge is -2.40. The summed E-state index contributed by atoms with van der Waals surface area (Å²) in [5, 5.41) is 39.6. The average Bonchev–Trinajstić information content (AvgIpc) is 2.69. The molecule has 2 aromatic carbocycles. The number of benzene rings is 2. The lowest BCUT2D eigenvalue weighted by Crippen LogP contribution is -2.53. The molecule has 0 aromatic heterocycles. The highest BCUT2D eigenvalue weighted by molar-refractivity contribution is 5.72. The molecule has 1 heterocycles. The molecule has 5 atom stereocenters. The van der Waals surface area contributed by atoms with Crippen LogP contribution in [0.4, 0.5) is 0 Å². The summed E-state index contributed by atoms with van der Waals surface area (Å²) in [7, 11) is 1.55. The molecule has 146 valence electrons. The van der Waals surface area contributed by atoms with Crippen LogP contribution < -0.4 is 4.74 Å². The molecule has 0 radical (unpaired) electrons. The lowest BCUT2D eigenvalue weighted by molar-refractivity contribution is -0.219. The van der Waals surface area contributed by atoms with Crippen molar-refractivity contribution in [2.45, 2.75) is 43.9 Å². The van der Waals surface area contributed by atoms with Crippen LogP contribution in [0.15, 0.2) is 42.5 Å². The van der Waals surface area contributed by atoms with Crippen molar-refractivity contribution < 1.29 is 29.9 Å². The summed E-state index contributed by atoms with van der Waals surface area (Å²) in [6, 6.07) is 13.3. The van der Waals surface area contributed by atoms with Gasteiger partial charge in [-0.2, -0.15) is 0 Å². The van der Waals surface area contributed by atoms with Gasteiger partial charge in [0.25, 0.3) is 0 Å². The zero-order chi connectivity index (χ0) is 19.6. The van der Waals surface area contributed by atoms with Gasteiger partial charge in [-0.05, 0) is 24.5 Å². The molecule has 0 aliphatic carbocycles. The fraction of sp³-hybridized carbons (Fsp3) is 0.429. The first-order chi connectivity index (χ1) is 13.0. The lowest BCUT2D eigenvalue weighted by atomic mass is 9.89. The first-order valence-corrected chi connectivity index (χ1v) is 9.04. The number of aliphatic hydroxyl groups is 4. The first kappa shape index (κ1) is 19.8. The maximum absolute atomic E-state index is 10.4. The van der Waals surface area contributed by atoms with E-state index in [1.807, 2.05) is 36.4 Å². The standard InChI is InChI=1S/C21H26O6/c1-12-17(23)18(24)19(25)21(27-12)16-5-3-4-15(20(16)26-2)14-8-6-13(7-9-14)10-11-22/h3-9,12,17-19,21-25H,10-11H2,1-2H3/t12-,17+,18+,19-,21+/m0/s1. The molecule has 0 spiro atoms. The fourth-order valence-corrected chi connectivity index (χ4v) is 3.52. The van der Waals surface area contributed by atoms with Gasteiger partial charge in [-0.15, -0.1) is 0 Å². The van der Waals surface area contributed by atoms with E-state index in [1.54, 1.807) is 20.1 Å². The van der Waals surface area contributed by atoms with E-state index in [4.69, 9.17) is 14.6 Å². The van der Waals surface area contributed by atoms with Crippen LogP contribution in [0.2, 0.25) is 0 Å². The number of ether oxygens (including phenoxy) is 2. The summed E-state index contributed by atoms with van der Waals surface area (Å²) in [6.07, 6.45) is -4.57. The van der Waals surface area contributed by atoms with Gasteiger partial charge in [0.1, 0.15) is 30.2 Å². The Morgan fingerprint density at radius 1 is 0.963 bits per heavy atom. The van der Waals surface area contributed by atoms with Crippen LogP contribution in [-0.2, 0) is 11.2 Å². The maximum Gasteiger partial charge on any atom is 0.132 e. The zero-order valence-electron chi connectivity index (χ0n) is 15.4. The summed E-state index contributed by atoms with van der Waals surface area (Å²) in [4.78, 5) is 0. The molecule has 6 heteroatoms. The van der Waals surface area contributed by atoms with E-state index in [0.29, 0.717) is 17.7 Å². The smallest absolute Gasteiger partial charge is 0.132 e. The minimum Gasteiger partial charge on any atom is -0.496 e. The van der Waals surface area contributed by atoms with Gasteiger partial charge >= 0.3 is 0 Å². The molecule has 3 rings (SSSR count). The second-order valence-corrected chi connectivity index (χ2v) is 6.83. The second-order valence-electron chi connectivity index (χ2n) is 6.83. The number of hydrogen-bond donors (Lipinski definition) is 4. The molecule has 6 nitrogen and oxygen atoms in total. The minimum atomic E-state index is -1.30. The summed E-state index contributed by atoms with van der Waals surface area (Å²) in [5.41, 5.74) is 3.40. The maximum atomic E-state index is 10.4. The molecule has 1 aliphatic rings. The summed E-state index contributed by atoms with van der Waals surface area (Å²) in [5.74, 6) is 0.548. The molecular formula is C21H26O6. The Morgan fingerprint density at radius 2 is 1.67 bits per heavy atom. The van der Waals surface area contributed by atoms with Gasteiger partial charge in [0, 0.05) is 17.7 Å². The predicted octanol–water partition coefficient (Wildman–Crippen LogP) is 1.44. The monoisotopic (exact) mass is 374 g/mol. The zero-order valence-corrected chi connectivity index (χ0v) is 15.4. The number of rotatable bonds is 5. The molecule has 1 saturated heterocycles. The van der Waals surface area contributed by atoms with E-state index < -0.39 is 30.5 Å². The molecule has 4 N–H and O–H groups in total. The van der Waals surface area contributed by atoms with Crippen molar-refractivity contribution in [3.05, 3.63) is 53.6 Å². The average molecular weight is 374 g/mol. The van der Waals surface area contributed by atoms with Crippen molar-refractivity contribution in [2.75, 3.05) is 13.7 Å². The molecule has 27 heavy (non-hydrogen) atoms. The van der Waals surface area contributed by atoms with Crippen molar-refractivity contribution >= 4 is 0 Å². The van der Waals surface area contributed by atoms with Crippen LogP contribution in [0.3, 0.4) is 0 Å². The molecule has 0 unspecified atom stereocenters. The van der Waals surface area contributed by atoms with Gasteiger partial charge in [-0.1, -0.05) is 42.5 Å². The van der Waals surface area contributed by atoms with E-state index in [-0.39, 0.29) is 6.61 Å². The molecule has 1 fully saturated rings. The van der Waals surface area contributed by atoms with Crippen LogP contribution in [0.25, 0.3) is 11.1 Å². The predicted molar refractivity (Wildman–Crippen MR) is 101 cm³/mol. The highest BCUT2D eigenvalue weighted by Gasteiger charge is 2.43. The van der Waals surface area contributed by atoms with E-state index >= 15 is 0 Å². The highest BCUT2D eigenvalue weighted by atomic mass is 16.5. The third kappa shape index (κ3) is 3.85. The Hall–Kier alpha value is -1.96. The number of methoxy groups -OCH3 is 1. The van der Waals surface area contributed by atoms with Crippen LogP contribution in [0.5, 0.6) is 5.75 Å². The molecule has 0 amide bonds. The third-order valence-corrected chi connectivity index (χ3v) is 5.07. The van der Waals surface area contributed by atoms with Crippen molar-refractivity contribution in [2.24, 2.45) is 0 Å². The molecule has 1 aliphatic heterocycles. The number of para-hydroxylation sites is 1. The second kappa shape index (κ2) is 8.37. The summed E-state index contributed by atoms with van der Waals surface area (Å²) >= 11 is 0. The summed E-state index contributed by atoms with van der Waals surface area (Å²) < 4.78 is 11.4. The molecule has 0 saturated carbocycles. The molecule has 2 aromatic rings. The van der Waals surface area contributed by atoms with Gasteiger partial charge < -0.3 is 29.9 Å². The fourth-order valence-electron chi connectivity index (χ4n) is 3.52.